The van der Waals surface area contributed by atoms with Crippen molar-refractivity contribution in [3.8, 4) is 23.0 Å². The molecule has 0 fully saturated rings. The van der Waals surface area contributed by atoms with E-state index in [1.54, 1.807) is 18.2 Å². The van der Waals surface area contributed by atoms with Gasteiger partial charge < -0.3 is 23.9 Å². The second-order valence-corrected chi connectivity index (χ2v) is 6.19. The zero-order valence-electron chi connectivity index (χ0n) is 14.0. The number of nitrogens with one attached hydrogen (secondary N) is 1. The fraction of sp³-hybridized carbons (Fsp3) is 0.375. The number of fused-ring (bicyclic) bond motifs is 1. The molecule has 26 heavy (non-hydrogen) atoms. The summed E-state index contributed by atoms with van der Waals surface area (Å²) >= 11 is 1.14. The molecular formula is C16H17N3O6S. The van der Waals surface area contributed by atoms with Crippen LogP contribution in [0.1, 0.15) is 12.8 Å². The van der Waals surface area contributed by atoms with Crippen molar-refractivity contribution in [2.45, 2.75) is 18.1 Å². The first kappa shape index (κ1) is 18.1. The van der Waals surface area contributed by atoms with Crippen molar-refractivity contribution in [1.82, 2.24) is 15.5 Å². The smallest absolute Gasteiger partial charge is 0.305 e. The molecule has 0 spiro atoms. The molecule has 0 unspecified atom stereocenters. The molecule has 2 heterocycles. The minimum absolute atomic E-state index is 0.140. The Morgan fingerprint density at radius 3 is 2.96 bits per heavy atom. The zero-order valence-corrected chi connectivity index (χ0v) is 14.8. The average Bonchev–Trinajstić information content (AvgIpc) is 3.31. The van der Waals surface area contributed by atoms with Crippen molar-refractivity contribution in [3.63, 3.8) is 0 Å². The molecule has 1 aliphatic rings. The van der Waals surface area contributed by atoms with E-state index in [0.29, 0.717) is 41.1 Å². The van der Waals surface area contributed by atoms with Crippen molar-refractivity contribution in [2.75, 3.05) is 26.2 Å². The second-order valence-electron chi connectivity index (χ2n) is 5.26. The van der Waals surface area contributed by atoms with Gasteiger partial charge in [0.2, 0.25) is 18.6 Å². The molecule has 1 aromatic carbocycles. The van der Waals surface area contributed by atoms with E-state index < -0.39 is 0 Å². The van der Waals surface area contributed by atoms with Crippen molar-refractivity contribution < 1.29 is 28.2 Å². The molecule has 1 aliphatic heterocycles. The number of amides is 1. The van der Waals surface area contributed by atoms with Crippen LogP contribution in [-0.4, -0.2) is 48.3 Å². The summed E-state index contributed by atoms with van der Waals surface area (Å²) in [5.41, 5.74) is 0.709. The van der Waals surface area contributed by atoms with E-state index in [2.05, 4.69) is 20.3 Å². The van der Waals surface area contributed by atoms with Crippen molar-refractivity contribution >= 4 is 23.6 Å². The first-order chi connectivity index (χ1) is 12.7. The number of methoxy groups -OCH3 is 1. The van der Waals surface area contributed by atoms with Crippen LogP contribution in [0.25, 0.3) is 11.5 Å². The van der Waals surface area contributed by atoms with E-state index in [0.717, 1.165) is 11.8 Å². The molecule has 0 radical (unpaired) electrons. The summed E-state index contributed by atoms with van der Waals surface area (Å²) in [7, 11) is 1.33. The van der Waals surface area contributed by atoms with Gasteiger partial charge in [0, 0.05) is 18.5 Å². The van der Waals surface area contributed by atoms with Gasteiger partial charge in [-0.3, -0.25) is 9.59 Å². The van der Waals surface area contributed by atoms with Crippen LogP contribution >= 0.6 is 11.8 Å². The fourth-order valence-corrected chi connectivity index (χ4v) is 2.75. The molecule has 0 aliphatic carbocycles. The third-order valence-corrected chi connectivity index (χ3v) is 4.28. The molecular weight excluding hydrogens is 362 g/mol. The molecule has 2 aromatic rings. The Kier molecular flexibility index (Phi) is 5.95. The van der Waals surface area contributed by atoms with Gasteiger partial charge >= 0.3 is 5.97 Å². The van der Waals surface area contributed by atoms with E-state index in [-0.39, 0.29) is 30.8 Å². The summed E-state index contributed by atoms with van der Waals surface area (Å²) in [5, 5.41) is 10.9. The lowest BCUT2D eigenvalue weighted by Crippen LogP contribution is -2.26. The van der Waals surface area contributed by atoms with Crippen LogP contribution in [0, 0.1) is 0 Å². The number of rotatable bonds is 8. The maximum atomic E-state index is 11.8. The Labute approximate surface area is 153 Å². The monoisotopic (exact) mass is 379 g/mol. The van der Waals surface area contributed by atoms with Crippen LogP contribution in [0.3, 0.4) is 0 Å². The number of hydrogen-bond donors (Lipinski definition) is 1. The lowest BCUT2D eigenvalue weighted by Gasteiger charge is -2.03. The van der Waals surface area contributed by atoms with E-state index >= 15 is 0 Å². The lowest BCUT2D eigenvalue weighted by molar-refractivity contribution is -0.140. The number of thioether (sulfide) groups is 1. The van der Waals surface area contributed by atoms with Gasteiger partial charge in [0.05, 0.1) is 12.9 Å². The Bertz CT molecular complexity index is 794. The molecule has 1 amide bonds. The number of nitrogens with zero attached hydrogens (tertiary/aromatic N) is 2. The number of ether oxygens (including phenoxy) is 3. The Balaban J connectivity index is 1.45. The van der Waals surface area contributed by atoms with Crippen molar-refractivity contribution in [1.29, 1.82) is 0 Å². The summed E-state index contributed by atoms with van der Waals surface area (Å²) in [6.07, 6.45) is 0.796. The molecule has 1 N–H and O–H groups in total. The highest BCUT2D eigenvalue weighted by atomic mass is 32.2. The minimum Gasteiger partial charge on any atom is -0.469 e. The van der Waals surface area contributed by atoms with Crippen LogP contribution < -0.4 is 14.8 Å². The average molecular weight is 379 g/mol. The maximum absolute atomic E-state index is 11.8. The molecule has 9 nitrogen and oxygen atoms in total. The summed E-state index contributed by atoms with van der Waals surface area (Å²) in [5.74, 6) is 1.30. The quantitative estimate of drug-likeness (QED) is 0.415. The molecule has 0 saturated heterocycles. The van der Waals surface area contributed by atoms with Crippen LogP contribution in [0.15, 0.2) is 27.8 Å². The molecule has 0 saturated carbocycles. The van der Waals surface area contributed by atoms with E-state index in [1.807, 2.05) is 0 Å². The van der Waals surface area contributed by atoms with Gasteiger partial charge in [-0.15, -0.1) is 10.2 Å². The summed E-state index contributed by atoms with van der Waals surface area (Å²) < 4.78 is 20.7. The van der Waals surface area contributed by atoms with Gasteiger partial charge in [0.1, 0.15) is 0 Å². The molecule has 10 heteroatoms. The molecule has 3 rings (SSSR count). The number of carbonyl (C=O) groups excluding carboxylic acids is 2. The van der Waals surface area contributed by atoms with E-state index in [9.17, 15) is 9.59 Å². The first-order valence-electron chi connectivity index (χ1n) is 7.85. The number of aromatic nitrogens is 2. The van der Waals surface area contributed by atoms with Crippen LogP contribution in [0.4, 0.5) is 0 Å². The van der Waals surface area contributed by atoms with Crippen LogP contribution in [0.5, 0.6) is 11.5 Å². The molecule has 0 bridgehead atoms. The second kappa shape index (κ2) is 8.56. The predicted octanol–water partition coefficient (Wildman–Crippen LogP) is 1.63. The van der Waals surface area contributed by atoms with Gasteiger partial charge in [-0.05, 0) is 24.6 Å². The number of carbonyl (C=O) groups is 2. The summed E-state index contributed by atoms with van der Waals surface area (Å²) in [6, 6.07) is 5.33. The van der Waals surface area contributed by atoms with Gasteiger partial charge in [-0.1, -0.05) is 11.8 Å². The molecule has 138 valence electrons. The number of benzene rings is 1. The largest absolute Gasteiger partial charge is 0.469 e. The Morgan fingerprint density at radius 2 is 2.12 bits per heavy atom. The normalized spacial score (nSPS) is 12.0. The number of hydrogen-bond acceptors (Lipinski definition) is 9. The van der Waals surface area contributed by atoms with Crippen LogP contribution in [-0.2, 0) is 14.3 Å². The van der Waals surface area contributed by atoms with Gasteiger partial charge in [-0.2, -0.15) is 0 Å². The molecule has 0 atom stereocenters. The zero-order chi connectivity index (χ0) is 18.4. The van der Waals surface area contributed by atoms with E-state index in [1.165, 1.54) is 7.11 Å². The van der Waals surface area contributed by atoms with Crippen molar-refractivity contribution in [3.05, 3.63) is 18.2 Å². The lowest BCUT2D eigenvalue weighted by atomic mass is 10.2. The molecule has 1 aromatic heterocycles. The highest BCUT2D eigenvalue weighted by Gasteiger charge is 2.17. The fourth-order valence-electron chi connectivity index (χ4n) is 2.16. The van der Waals surface area contributed by atoms with Gasteiger partial charge in [0.25, 0.3) is 5.22 Å². The predicted molar refractivity (Wildman–Crippen MR) is 90.8 cm³/mol. The summed E-state index contributed by atoms with van der Waals surface area (Å²) in [6.45, 7) is 0.596. The highest BCUT2D eigenvalue weighted by Crippen LogP contribution is 2.35. The van der Waals surface area contributed by atoms with Gasteiger partial charge in [0.15, 0.2) is 11.5 Å². The van der Waals surface area contributed by atoms with Crippen LogP contribution in [0.2, 0.25) is 0 Å². The standard InChI is InChI=1S/C16H17N3O6S/c1-22-14(21)3-2-6-17-13(20)8-26-16-19-18-15(25-16)10-4-5-11-12(7-10)24-9-23-11/h4-5,7H,2-3,6,8-9H2,1H3,(H,17,20). The van der Waals surface area contributed by atoms with Crippen molar-refractivity contribution in [2.24, 2.45) is 0 Å². The SMILES string of the molecule is COC(=O)CCCNC(=O)CSc1nnc(-c2ccc3c(c2)OCO3)o1. The Hall–Kier alpha value is -2.75. The maximum Gasteiger partial charge on any atom is 0.305 e. The Morgan fingerprint density at radius 1 is 1.27 bits per heavy atom. The van der Waals surface area contributed by atoms with Gasteiger partial charge in [-0.25, -0.2) is 0 Å². The third-order valence-electron chi connectivity index (χ3n) is 3.46. The summed E-state index contributed by atoms with van der Waals surface area (Å²) in [4.78, 5) is 22.7. The first-order valence-corrected chi connectivity index (χ1v) is 8.84. The minimum atomic E-state index is -0.296. The third kappa shape index (κ3) is 4.66. The highest BCUT2D eigenvalue weighted by molar-refractivity contribution is 7.99. The topological polar surface area (TPSA) is 113 Å². The number of esters is 1. The van der Waals surface area contributed by atoms with E-state index in [4.69, 9.17) is 13.9 Å².